The third-order valence-corrected chi connectivity index (χ3v) is 2.82. The molecule has 0 bridgehead atoms. The van der Waals surface area contributed by atoms with Crippen molar-refractivity contribution in [3.63, 3.8) is 0 Å². The second kappa shape index (κ2) is 9.46. The van der Waals surface area contributed by atoms with Crippen LogP contribution in [0.2, 0.25) is 0 Å². The molecule has 0 unspecified atom stereocenters. The van der Waals surface area contributed by atoms with E-state index in [0.717, 1.165) is 19.3 Å². The average molecular weight is 218 g/mol. The van der Waals surface area contributed by atoms with Crippen LogP contribution in [0.1, 0.15) is 41.0 Å². The predicted octanol–water partition coefficient (Wildman–Crippen LogP) is -0.950. The maximum absolute atomic E-state index is 11.0. The molecule has 0 aliphatic heterocycles. The number of hydrogen-bond acceptors (Lipinski definition) is 3. The van der Waals surface area contributed by atoms with Gasteiger partial charge in [0.1, 0.15) is 0 Å². The topological polar surface area (TPSA) is 43.4 Å². The van der Waals surface area contributed by atoms with Gasteiger partial charge in [0.05, 0.1) is 12.4 Å². The Hall–Kier alpha value is 0.910. The smallest absolute Gasteiger partial charge is 1.00 e. The Morgan fingerprint density at radius 2 is 1.69 bits per heavy atom. The van der Waals surface area contributed by atoms with Crippen molar-refractivity contribution in [1.82, 2.24) is 0 Å². The van der Waals surface area contributed by atoms with E-state index in [2.05, 4.69) is 0 Å². The van der Waals surface area contributed by atoms with Crippen LogP contribution in [0.15, 0.2) is 0 Å². The largest absolute Gasteiger partial charge is 1.00 e. The predicted molar refractivity (Wildman–Crippen MR) is 50.7 cm³/mol. The summed E-state index contributed by atoms with van der Waals surface area (Å²) in [6.45, 7) is 4.30. The molecule has 0 aliphatic carbocycles. The molecule has 0 spiro atoms. The quantitative estimate of drug-likeness (QED) is 0.314. The third-order valence-electron chi connectivity index (χ3n) is 1.51. The Bertz CT molecular complexity index is 195. The summed E-state index contributed by atoms with van der Waals surface area (Å²) in [5.41, 5.74) is 0. The van der Waals surface area contributed by atoms with E-state index >= 15 is 0 Å². The second-order valence-corrected chi connectivity index (χ2v) is 4.55. The maximum Gasteiger partial charge on any atom is 1.00 e. The van der Waals surface area contributed by atoms with E-state index in [1.165, 1.54) is 0 Å². The van der Waals surface area contributed by atoms with Crippen molar-refractivity contribution in [2.75, 3.05) is 12.4 Å². The van der Waals surface area contributed by atoms with Gasteiger partial charge >= 0.3 is 29.6 Å². The van der Waals surface area contributed by atoms with E-state index in [4.69, 9.17) is 4.18 Å². The monoisotopic (exact) mass is 218 g/mol. The molecule has 0 aliphatic rings. The molecule has 0 heterocycles. The van der Waals surface area contributed by atoms with Crippen LogP contribution in [0.3, 0.4) is 0 Å². The van der Waals surface area contributed by atoms with Gasteiger partial charge in [-0.15, -0.1) is 0 Å². The zero-order chi connectivity index (χ0) is 9.45. The second-order valence-electron chi connectivity index (χ2n) is 2.79. The first-order chi connectivity index (χ1) is 5.62. The molecule has 13 heavy (non-hydrogen) atoms. The van der Waals surface area contributed by atoms with Crippen LogP contribution in [0.4, 0.5) is 0 Å². The van der Waals surface area contributed by atoms with Gasteiger partial charge in [-0.05, 0) is 12.8 Å². The fourth-order valence-corrected chi connectivity index (χ4v) is 1.84. The molecular weight excluding hydrogens is 199 g/mol. The van der Waals surface area contributed by atoms with E-state index in [1.54, 1.807) is 0 Å². The average Bonchev–Trinajstić information content (AvgIpc) is 2.01. The van der Waals surface area contributed by atoms with Gasteiger partial charge in [-0.25, -0.2) is 0 Å². The van der Waals surface area contributed by atoms with Crippen molar-refractivity contribution < 1.29 is 43.6 Å². The molecule has 76 valence electrons. The van der Waals surface area contributed by atoms with Crippen molar-refractivity contribution in [2.24, 2.45) is 0 Å². The molecule has 0 saturated heterocycles. The molecule has 0 aromatic heterocycles. The van der Waals surface area contributed by atoms with Gasteiger partial charge in [0, 0.05) is 0 Å². The normalized spacial score (nSPS) is 10.9. The molecule has 0 fully saturated rings. The van der Waals surface area contributed by atoms with Gasteiger partial charge in [-0.3, -0.25) is 4.18 Å². The Labute approximate surface area is 105 Å². The fourth-order valence-electron chi connectivity index (χ4n) is 0.710. The van der Waals surface area contributed by atoms with E-state index < -0.39 is 10.1 Å². The van der Waals surface area contributed by atoms with Gasteiger partial charge in [0.2, 0.25) is 0 Å². The molecule has 0 aromatic carbocycles. The Kier molecular flexibility index (Phi) is 11.9. The molecule has 0 saturated carbocycles. The minimum Gasteiger partial charge on any atom is -1.00 e. The third kappa shape index (κ3) is 10.8. The summed E-state index contributed by atoms with van der Waals surface area (Å²) >= 11 is 0. The van der Waals surface area contributed by atoms with Gasteiger partial charge in [-0.1, -0.05) is 26.7 Å². The van der Waals surface area contributed by atoms with Gasteiger partial charge < -0.3 is 1.43 Å². The molecule has 0 atom stereocenters. The van der Waals surface area contributed by atoms with Crippen molar-refractivity contribution in [3.8, 4) is 0 Å². The summed E-state index contributed by atoms with van der Waals surface area (Å²) in [6, 6.07) is 0. The Balaban J connectivity index is -0.000000605. The summed E-state index contributed by atoms with van der Waals surface area (Å²) in [5, 5.41) is 0. The molecule has 5 heteroatoms. The van der Waals surface area contributed by atoms with E-state index in [9.17, 15) is 8.42 Å². The van der Waals surface area contributed by atoms with Gasteiger partial charge in [0.15, 0.2) is 0 Å². The van der Waals surface area contributed by atoms with Crippen LogP contribution < -0.4 is 29.6 Å². The Morgan fingerprint density at radius 3 is 2.15 bits per heavy atom. The summed E-state index contributed by atoms with van der Waals surface area (Å²) < 4.78 is 26.8. The van der Waals surface area contributed by atoms with Crippen LogP contribution >= 0.6 is 0 Å². The van der Waals surface area contributed by atoms with Crippen molar-refractivity contribution in [3.05, 3.63) is 0 Å². The number of unbranched alkanes of at least 4 members (excludes halogenated alkanes) is 2. The summed E-state index contributed by atoms with van der Waals surface area (Å²) in [5.74, 6) is 0.160. The van der Waals surface area contributed by atoms with Crippen molar-refractivity contribution in [1.29, 1.82) is 0 Å². The first-order valence-electron chi connectivity index (χ1n) is 4.49. The first-order valence-corrected chi connectivity index (χ1v) is 6.07. The number of hydrogen-bond donors (Lipinski definition) is 0. The molecule has 0 rings (SSSR count). The van der Waals surface area contributed by atoms with E-state index in [1.807, 2.05) is 13.8 Å². The van der Waals surface area contributed by atoms with E-state index in [-0.39, 0.29) is 36.7 Å². The van der Waals surface area contributed by atoms with Crippen LogP contribution in [-0.4, -0.2) is 20.8 Å². The summed E-state index contributed by atoms with van der Waals surface area (Å²) in [4.78, 5) is 0. The van der Waals surface area contributed by atoms with Gasteiger partial charge in [-0.2, -0.15) is 8.42 Å². The van der Waals surface area contributed by atoms with Crippen LogP contribution in [-0.2, 0) is 14.3 Å². The first kappa shape index (κ1) is 16.3. The molecule has 3 nitrogen and oxygen atoms in total. The fraction of sp³-hybridized carbons (Fsp3) is 1.00. The molecule has 0 N–H and O–H groups in total. The zero-order valence-electron chi connectivity index (χ0n) is 9.88. The maximum atomic E-state index is 11.0. The minimum absolute atomic E-state index is 0. The number of rotatable bonds is 7. The van der Waals surface area contributed by atoms with Crippen LogP contribution in [0, 0.1) is 0 Å². The molecule has 0 aromatic rings. The SMILES string of the molecule is CCCCOS(=O)(=O)CCCC.[H-].[Na+]. The molecule has 0 radical (unpaired) electrons. The minimum atomic E-state index is -3.22. The van der Waals surface area contributed by atoms with Crippen LogP contribution in [0.25, 0.3) is 0 Å². The van der Waals surface area contributed by atoms with Gasteiger partial charge in [0.25, 0.3) is 10.1 Å². The zero-order valence-corrected chi connectivity index (χ0v) is 11.7. The summed E-state index contributed by atoms with van der Waals surface area (Å²) in [6.07, 6.45) is 3.35. The van der Waals surface area contributed by atoms with Crippen LogP contribution in [0.5, 0.6) is 0 Å². The molecule has 0 amide bonds. The standard InChI is InChI=1S/C8H18O3S.Na.H/c1-3-5-7-11-12(9,10)8-6-4-2;;/h3-8H2,1-2H3;;/q;+1;-1. The Morgan fingerprint density at radius 1 is 1.15 bits per heavy atom. The van der Waals surface area contributed by atoms with Crippen molar-refractivity contribution in [2.45, 2.75) is 39.5 Å². The summed E-state index contributed by atoms with van der Waals surface area (Å²) in [7, 11) is -3.22. The van der Waals surface area contributed by atoms with E-state index in [0.29, 0.717) is 13.0 Å². The molecular formula is C8H19NaO3S. The van der Waals surface area contributed by atoms with Crippen molar-refractivity contribution >= 4 is 10.1 Å².